The van der Waals surface area contributed by atoms with Crippen molar-refractivity contribution in [3.8, 4) is 0 Å². The van der Waals surface area contributed by atoms with Crippen molar-refractivity contribution >= 4 is 23.7 Å². The van der Waals surface area contributed by atoms with Crippen molar-refractivity contribution in [2.45, 2.75) is 0 Å². The number of aromatic amines is 1. The number of hydrogen-bond donors (Lipinski definition) is 6. The molecule has 2 rings (SSSR count). The Morgan fingerprint density at radius 1 is 1.25 bits per heavy atom. The standard InChI is InChI=1S/C3H6N8.C2H6N10.H2O/c4-3(5)9-11-8-2-1-6-10-7-2;3-1(4)12(5)11-8-2-6-9-10-7-2;/h1H2,(H4,4,5,6,7,8,9);5H2,(H3,3,4)(H,6,7,9,10);1H2. The number of nitrogens with zero attached hydrogens (tertiary/aromatic N) is 12. The molecule has 0 atom stereocenters. The lowest BCUT2D eigenvalue weighted by Gasteiger charge is -2.04. The molecule has 0 aromatic carbocycles. The van der Waals surface area contributed by atoms with Gasteiger partial charge in [0.1, 0.15) is 6.54 Å². The Hall–Kier alpha value is -4.00. The molecule has 0 aliphatic carbocycles. The second kappa shape index (κ2) is 10.7. The topological polar surface area (TPSA) is 316 Å². The summed E-state index contributed by atoms with van der Waals surface area (Å²) in [6.45, 7) is 0.323. The number of tetrazole rings is 1. The molecule has 0 radical (unpaired) electrons. The maximum atomic E-state index is 6.79. The van der Waals surface area contributed by atoms with Crippen molar-refractivity contribution in [2.24, 2.45) is 64.3 Å². The zero-order valence-electron chi connectivity index (χ0n) is 11.9. The van der Waals surface area contributed by atoms with Gasteiger partial charge in [-0.15, -0.1) is 20.4 Å². The Balaban J connectivity index is 0.000000425. The molecule has 19 heteroatoms. The molecule has 19 nitrogen and oxygen atoms in total. The molecular formula is C5H14N18O. The Morgan fingerprint density at radius 3 is 2.50 bits per heavy atom. The van der Waals surface area contributed by atoms with E-state index in [0.29, 0.717) is 17.5 Å². The summed E-state index contributed by atoms with van der Waals surface area (Å²) in [6.07, 6.45) is 0. The third kappa shape index (κ3) is 8.32. The zero-order chi connectivity index (χ0) is 17.1. The average molecular weight is 342 g/mol. The molecule has 0 spiro atoms. The van der Waals surface area contributed by atoms with Crippen LogP contribution in [0.2, 0.25) is 0 Å². The number of guanidine groups is 2. The van der Waals surface area contributed by atoms with Gasteiger partial charge < -0.3 is 22.7 Å². The summed E-state index contributed by atoms with van der Waals surface area (Å²) < 4.78 is 0. The van der Waals surface area contributed by atoms with Crippen molar-refractivity contribution in [2.75, 3.05) is 6.54 Å². The van der Waals surface area contributed by atoms with E-state index in [0.717, 1.165) is 0 Å². The Kier molecular flexibility index (Phi) is 8.91. The number of H-pyrrole nitrogens is 1. The van der Waals surface area contributed by atoms with E-state index < -0.39 is 5.96 Å². The molecule has 24 heavy (non-hydrogen) atoms. The van der Waals surface area contributed by atoms with Crippen LogP contribution in [0.3, 0.4) is 0 Å². The predicted octanol–water partition coefficient (Wildman–Crippen LogP) is -3.15. The van der Waals surface area contributed by atoms with Crippen molar-refractivity contribution < 1.29 is 5.48 Å². The molecule has 0 saturated carbocycles. The minimum atomic E-state index is -0.442. The number of aromatic nitrogens is 4. The molecule has 1 aromatic heterocycles. The van der Waals surface area contributed by atoms with Crippen LogP contribution in [0.25, 0.3) is 0 Å². The van der Waals surface area contributed by atoms with Crippen LogP contribution in [-0.2, 0) is 0 Å². The molecule has 0 unspecified atom stereocenters. The minimum Gasteiger partial charge on any atom is -0.412 e. The summed E-state index contributed by atoms with van der Waals surface area (Å²) in [4.78, 5) is 0. The second-order valence-corrected chi connectivity index (χ2v) is 3.25. The van der Waals surface area contributed by atoms with Crippen molar-refractivity contribution in [3.05, 3.63) is 0 Å². The van der Waals surface area contributed by atoms with Gasteiger partial charge in [0.05, 0.1) is 0 Å². The number of hydrogen-bond acceptors (Lipinski definition) is 12. The van der Waals surface area contributed by atoms with E-state index in [1.54, 1.807) is 0 Å². The molecule has 2 heterocycles. The van der Waals surface area contributed by atoms with Crippen molar-refractivity contribution in [1.29, 1.82) is 5.41 Å². The highest BCUT2D eigenvalue weighted by atomic mass is 16.0. The highest BCUT2D eigenvalue weighted by Gasteiger charge is 2.00. The molecular weight excluding hydrogens is 328 g/mol. The highest BCUT2D eigenvalue weighted by Crippen LogP contribution is 1.97. The number of amidine groups is 1. The first-order valence-corrected chi connectivity index (χ1v) is 5.46. The highest BCUT2D eigenvalue weighted by molar-refractivity contribution is 5.85. The molecule has 12 N–H and O–H groups in total. The number of nitrogens with two attached hydrogens (primary N) is 4. The lowest BCUT2D eigenvalue weighted by atomic mass is 10.6. The van der Waals surface area contributed by atoms with E-state index >= 15 is 0 Å². The maximum absolute atomic E-state index is 6.79. The van der Waals surface area contributed by atoms with Crippen LogP contribution in [0, 0.1) is 5.41 Å². The van der Waals surface area contributed by atoms with Gasteiger partial charge in [-0.3, -0.25) is 5.41 Å². The molecule has 130 valence electrons. The van der Waals surface area contributed by atoms with Gasteiger partial charge in [-0.05, 0) is 20.9 Å². The van der Waals surface area contributed by atoms with E-state index in [2.05, 4.69) is 61.8 Å². The molecule has 0 bridgehead atoms. The quantitative estimate of drug-likeness (QED) is 0.107. The van der Waals surface area contributed by atoms with E-state index in [4.69, 9.17) is 28.5 Å². The van der Waals surface area contributed by atoms with Crippen LogP contribution in [0.1, 0.15) is 0 Å². The molecule has 0 fully saturated rings. The summed E-state index contributed by atoms with van der Waals surface area (Å²) in [7, 11) is 0. The summed E-state index contributed by atoms with van der Waals surface area (Å²) in [5.41, 5.74) is 14.9. The number of rotatable bonds is 3. The second-order valence-electron chi connectivity index (χ2n) is 3.25. The smallest absolute Gasteiger partial charge is 0.309 e. The van der Waals surface area contributed by atoms with E-state index in [-0.39, 0.29) is 17.4 Å². The first kappa shape index (κ1) is 20.0. The average Bonchev–Trinajstić information content (AvgIpc) is 3.18. The fourth-order valence-electron chi connectivity index (χ4n) is 0.722. The van der Waals surface area contributed by atoms with Gasteiger partial charge in [-0.25, -0.2) is 5.84 Å². The number of nitrogens with one attached hydrogen (secondary N) is 2. The summed E-state index contributed by atoms with van der Waals surface area (Å²) in [5.74, 6) is 4.87. The molecule has 0 amide bonds. The van der Waals surface area contributed by atoms with Gasteiger partial charge in [0.15, 0.2) is 5.84 Å². The van der Waals surface area contributed by atoms with Crippen LogP contribution < -0.4 is 23.0 Å². The monoisotopic (exact) mass is 342 g/mol. The molecule has 1 aliphatic heterocycles. The van der Waals surface area contributed by atoms with E-state index in [1.807, 2.05) is 0 Å². The molecule has 0 saturated heterocycles. The third-order valence-corrected chi connectivity index (χ3v) is 1.57. The van der Waals surface area contributed by atoms with Crippen LogP contribution >= 0.6 is 0 Å². The lowest BCUT2D eigenvalue weighted by molar-refractivity contribution is 0.430. The third-order valence-electron chi connectivity index (χ3n) is 1.57. The SMILES string of the molecule is N=C(N)N(N)N=Nc1nn[nH]n1.NC(N)=NN=NC1=NN=NC1.O. The summed E-state index contributed by atoms with van der Waals surface area (Å²) >= 11 is 0. The van der Waals surface area contributed by atoms with Gasteiger partial charge in [0.25, 0.3) is 0 Å². The molecule has 1 aromatic rings. The zero-order valence-corrected chi connectivity index (χ0v) is 11.9. The van der Waals surface area contributed by atoms with Crippen LogP contribution in [0.4, 0.5) is 5.95 Å². The van der Waals surface area contributed by atoms with Crippen LogP contribution in [0.15, 0.2) is 41.2 Å². The Morgan fingerprint density at radius 2 is 2.00 bits per heavy atom. The number of hydrazine groups is 1. The van der Waals surface area contributed by atoms with Crippen LogP contribution in [0.5, 0.6) is 0 Å². The van der Waals surface area contributed by atoms with E-state index in [9.17, 15) is 0 Å². The first-order chi connectivity index (χ1) is 11.0. The predicted molar refractivity (Wildman–Crippen MR) is 78.1 cm³/mol. The first-order valence-electron chi connectivity index (χ1n) is 5.46. The minimum absolute atomic E-state index is 0. The molecule has 1 aliphatic rings. The van der Waals surface area contributed by atoms with Crippen LogP contribution in [-0.4, -0.2) is 55.5 Å². The van der Waals surface area contributed by atoms with Gasteiger partial charge in [-0.2, -0.15) is 10.3 Å². The van der Waals surface area contributed by atoms with Gasteiger partial charge in [0, 0.05) is 0 Å². The Bertz CT molecular complexity index is 632. The van der Waals surface area contributed by atoms with Crippen molar-refractivity contribution in [3.63, 3.8) is 0 Å². The fourth-order valence-corrected chi connectivity index (χ4v) is 0.722. The van der Waals surface area contributed by atoms with Gasteiger partial charge in [-0.1, -0.05) is 15.3 Å². The van der Waals surface area contributed by atoms with Crippen molar-refractivity contribution in [1.82, 2.24) is 25.7 Å². The largest absolute Gasteiger partial charge is 0.412 e. The van der Waals surface area contributed by atoms with E-state index in [1.165, 1.54) is 0 Å². The lowest BCUT2D eigenvalue weighted by Crippen LogP contribution is -2.37. The summed E-state index contributed by atoms with van der Waals surface area (Å²) in [5, 5.41) is 46.6. The maximum Gasteiger partial charge on any atom is 0.309 e. The normalized spacial score (nSPS) is 12.3. The fraction of sp³-hybridized carbons (Fsp3) is 0.200. The van der Waals surface area contributed by atoms with Gasteiger partial charge in [0.2, 0.25) is 11.9 Å². The summed E-state index contributed by atoms with van der Waals surface area (Å²) in [6, 6.07) is 0. The van der Waals surface area contributed by atoms with Gasteiger partial charge >= 0.3 is 5.95 Å². The Labute approximate surface area is 132 Å².